The Hall–Kier alpha value is -0.970. The fourth-order valence-corrected chi connectivity index (χ4v) is 2.97. The van der Waals surface area contributed by atoms with Crippen LogP contribution >= 0.6 is 23.2 Å². The Balaban J connectivity index is 1.91. The maximum absolute atomic E-state index is 12.2. The number of nitrogens with zero attached hydrogens (tertiary/aromatic N) is 1. The minimum atomic E-state index is -0.343. The molecule has 0 aromatic heterocycles. The van der Waals surface area contributed by atoms with Crippen LogP contribution in [0.2, 0.25) is 10.0 Å². The number of aliphatic hydroxyl groups is 1. The SMILES string of the molecule is CC1CN(C(=O)NCc2ccc(Cl)c(Cl)c2)CC(C)C1O. The Morgan fingerprint density at radius 2 is 1.90 bits per heavy atom. The van der Waals surface area contributed by atoms with E-state index in [0.717, 1.165) is 5.56 Å². The third kappa shape index (κ3) is 4.02. The Bertz CT molecular complexity index is 512. The van der Waals surface area contributed by atoms with Gasteiger partial charge < -0.3 is 15.3 Å². The predicted molar refractivity (Wildman–Crippen MR) is 84.6 cm³/mol. The molecule has 0 spiro atoms. The number of carbonyl (C=O) groups excluding carboxylic acids is 1. The number of piperidine rings is 1. The number of amides is 2. The second kappa shape index (κ2) is 6.86. The monoisotopic (exact) mass is 330 g/mol. The van der Waals surface area contributed by atoms with Gasteiger partial charge in [-0.15, -0.1) is 0 Å². The first-order chi connectivity index (χ1) is 9.88. The highest BCUT2D eigenvalue weighted by Gasteiger charge is 2.32. The highest BCUT2D eigenvalue weighted by Crippen LogP contribution is 2.23. The zero-order valence-corrected chi connectivity index (χ0v) is 13.7. The van der Waals surface area contributed by atoms with E-state index in [1.807, 2.05) is 19.9 Å². The predicted octanol–water partition coefficient (Wildman–Crippen LogP) is 3.15. The molecule has 1 heterocycles. The van der Waals surface area contributed by atoms with Crippen LogP contribution in [-0.4, -0.2) is 35.2 Å². The van der Waals surface area contributed by atoms with E-state index < -0.39 is 0 Å². The molecule has 2 N–H and O–H groups in total. The molecule has 21 heavy (non-hydrogen) atoms. The van der Waals surface area contributed by atoms with Crippen LogP contribution < -0.4 is 5.32 Å². The number of halogens is 2. The summed E-state index contributed by atoms with van der Waals surface area (Å²) in [5.74, 6) is 0.175. The van der Waals surface area contributed by atoms with Gasteiger partial charge in [-0.05, 0) is 17.7 Å². The summed E-state index contributed by atoms with van der Waals surface area (Å²) < 4.78 is 0. The van der Waals surface area contributed by atoms with Gasteiger partial charge in [-0.1, -0.05) is 43.1 Å². The molecular weight excluding hydrogens is 311 g/mol. The molecule has 6 heteroatoms. The molecule has 0 bridgehead atoms. The molecule has 2 rings (SSSR count). The van der Waals surface area contributed by atoms with E-state index in [1.165, 1.54) is 0 Å². The lowest BCUT2D eigenvalue weighted by Gasteiger charge is -2.38. The number of likely N-dealkylation sites (tertiary alicyclic amines) is 1. The average Bonchev–Trinajstić information content (AvgIpc) is 2.45. The third-order valence-corrected chi connectivity index (χ3v) is 4.64. The summed E-state index contributed by atoms with van der Waals surface area (Å²) in [5.41, 5.74) is 0.899. The number of benzene rings is 1. The minimum absolute atomic E-state index is 0.0875. The number of hydrogen-bond acceptors (Lipinski definition) is 2. The molecule has 2 amide bonds. The van der Waals surface area contributed by atoms with Crippen LogP contribution in [0.25, 0.3) is 0 Å². The van der Waals surface area contributed by atoms with Gasteiger partial charge in [0.2, 0.25) is 0 Å². The maximum atomic E-state index is 12.2. The van der Waals surface area contributed by atoms with Crippen LogP contribution in [0.15, 0.2) is 18.2 Å². The van der Waals surface area contributed by atoms with Crippen molar-refractivity contribution in [3.8, 4) is 0 Å². The zero-order valence-electron chi connectivity index (χ0n) is 12.1. The van der Waals surface area contributed by atoms with Crippen LogP contribution in [0.1, 0.15) is 19.4 Å². The van der Waals surface area contributed by atoms with Gasteiger partial charge in [-0.2, -0.15) is 0 Å². The molecule has 2 atom stereocenters. The van der Waals surface area contributed by atoms with Crippen molar-refractivity contribution in [1.29, 1.82) is 0 Å². The highest BCUT2D eigenvalue weighted by molar-refractivity contribution is 6.42. The summed E-state index contributed by atoms with van der Waals surface area (Å²) in [6, 6.07) is 5.17. The largest absolute Gasteiger partial charge is 0.392 e. The summed E-state index contributed by atoms with van der Waals surface area (Å²) in [4.78, 5) is 13.9. The summed E-state index contributed by atoms with van der Waals surface area (Å²) in [6.07, 6.45) is -0.343. The molecule has 1 aliphatic heterocycles. The van der Waals surface area contributed by atoms with E-state index in [1.54, 1.807) is 17.0 Å². The van der Waals surface area contributed by atoms with E-state index in [4.69, 9.17) is 23.2 Å². The molecule has 4 nitrogen and oxygen atoms in total. The van der Waals surface area contributed by atoms with E-state index in [9.17, 15) is 9.90 Å². The molecule has 0 radical (unpaired) electrons. The normalized spacial score (nSPS) is 25.8. The van der Waals surface area contributed by atoms with Gasteiger partial charge in [0.1, 0.15) is 0 Å². The molecule has 1 saturated heterocycles. The molecule has 1 aromatic rings. The van der Waals surface area contributed by atoms with Gasteiger partial charge in [0, 0.05) is 31.5 Å². The summed E-state index contributed by atoms with van der Waals surface area (Å²) in [6.45, 7) is 5.45. The fraction of sp³-hybridized carbons (Fsp3) is 0.533. The number of aliphatic hydroxyl groups excluding tert-OH is 1. The third-order valence-electron chi connectivity index (χ3n) is 3.90. The fourth-order valence-electron chi connectivity index (χ4n) is 2.65. The molecule has 0 saturated carbocycles. The smallest absolute Gasteiger partial charge is 0.317 e. The van der Waals surface area contributed by atoms with Crippen molar-refractivity contribution in [3.05, 3.63) is 33.8 Å². The lowest BCUT2D eigenvalue weighted by atomic mass is 9.88. The summed E-state index contributed by atoms with van der Waals surface area (Å²) in [7, 11) is 0. The molecule has 116 valence electrons. The van der Waals surface area contributed by atoms with Crippen molar-refractivity contribution < 1.29 is 9.90 Å². The first-order valence-corrected chi connectivity index (χ1v) is 7.79. The van der Waals surface area contributed by atoms with Crippen molar-refractivity contribution in [2.45, 2.75) is 26.5 Å². The van der Waals surface area contributed by atoms with Gasteiger partial charge in [0.05, 0.1) is 16.1 Å². The van der Waals surface area contributed by atoms with Crippen LogP contribution in [-0.2, 0) is 6.54 Å². The van der Waals surface area contributed by atoms with Gasteiger partial charge >= 0.3 is 6.03 Å². The molecule has 1 aliphatic rings. The van der Waals surface area contributed by atoms with Gasteiger partial charge in [0.25, 0.3) is 0 Å². The van der Waals surface area contributed by atoms with E-state index in [-0.39, 0.29) is 24.0 Å². The average molecular weight is 331 g/mol. The first kappa shape index (κ1) is 16.4. The molecule has 1 fully saturated rings. The number of urea groups is 1. The van der Waals surface area contributed by atoms with Gasteiger partial charge in [-0.25, -0.2) is 4.79 Å². The van der Waals surface area contributed by atoms with Crippen LogP contribution in [0.4, 0.5) is 4.79 Å². The van der Waals surface area contributed by atoms with Crippen LogP contribution in [0, 0.1) is 11.8 Å². The molecule has 0 aliphatic carbocycles. The molecular formula is C15H20Cl2N2O2. The zero-order chi connectivity index (χ0) is 15.6. The van der Waals surface area contributed by atoms with Crippen molar-refractivity contribution in [1.82, 2.24) is 10.2 Å². The highest BCUT2D eigenvalue weighted by atomic mass is 35.5. The molecule has 2 unspecified atom stereocenters. The maximum Gasteiger partial charge on any atom is 0.317 e. The summed E-state index contributed by atoms with van der Waals surface area (Å²) in [5, 5.41) is 13.8. The van der Waals surface area contributed by atoms with E-state index in [0.29, 0.717) is 29.7 Å². The van der Waals surface area contributed by atoms with Crippen molar-refractivity contribution >= 4 is 29.2 Å². The van der Waals surface area contributed by atoms with Crippen molar-refractivity contribution in [2.24, 2.45) is 11.8 Å². The number of hydrogen-bond donors (Lipinski definition) is 2. The number of carbonyl (C=O) groups is 1. The Morgan fingerprint density at radius 1 is 1.29 bits per heavy atom. The summed E-state index contributed by atoms with van der Waals surface area (Å²) >= 11 is 11.8. The topological polar surface area (TPSA) is 52.6 Å². The quantitative estimate of drug-likeness (QED) is 0.875. The Morgan fingerprint density at radius 3 is 2.48 bits per heavy atom. The lowest BCUT2D eigenvalue weighted by molar-refractivity contribution is 0.00556. The van der Waals surface area contributed by atoms with Crippen LogP contribution in [0.3, 0.4) is 0 Å². The van der Waals surface area contributed by atoms with E-state index in [2.05, 4.69) is 5.32 Å². The van der Waals surface area contributed by atoms with E-state index >= 15 is 0 Å². The van der Waals surface area contributed by atoms with Crippen molar-refractivity contribution in [2.75, 3.05) is 13.1 Å². The second-order valence-electron chi connectivity index (χ2n) is 5.76. The van der Waals surface area contributed by atoms with Crippen LogP contribution in [0.5, 0.6) is 0 Å². The van der Waals surface area contributed by atoms with Gasteiger partial charge in [-0.3, -0.25) is 0 Å². The molecule has 1 aromatic carbocycles. The van der Waals surface area contributed by atoms with Gasteiger partial charge in [0.15, 0.2) is 0 Å². The second-order valence-corrected chi connectivity index (χ2v) is 6.57. The Labute approximate surface area is 135 Å². The standard InChI is InChI=1S/C15H20Cl2N2O2/c1-9-7-19(8-10(2)14(9)20)15(21)18-6-11-3-4-12(16)13(17)5-11/h3-5,9-10,14,20H,6-8H2,1-2H3,(H,18,21). The lowest BCUT2D eigenvalue weighted by Crippen LogP contribution is -2.52. The Kier molecular flexibility index (Phi) is 5.36. The first-order valence-electron chi connectivity index (χ1n) is 7.03. The number of rotatable bonds is 2. The van der Waals surface area contributed by atoms with Crippen molar-refractivity contribution in [3.63, 3.8) is 0 Å². The number of nitrogens with one attached hydrogen (secondary N) is 1. The minimum Gasteiger partial charge on any atom is -0.392 e.